The van der Waals surface area contributed by atoms with Gasteiger partial charge in [-0.3, -0.25) is 0 Å². The Hall–Kier alpha value is -0.840. The summed E-state index contributed by atoms with van der Waals surface area (Å²) in [6, 6.07) is 0.427. The fourth-order valence-electron chi connectivity index (χ4n) is 1.49. The highest BCUT2D eigenvalue weighted by Gasteiger charge is 2.17. The summed E-state index contributed by atoms with van der Waals surface area (Å²) < 4.78 is 0.925. The van der Waals surface area contributed by atoms with E-state index in [0.717, 1.165) is 16.8 Å². The van der Waals surface area contributed by atoms with Gasteiger partial charge in [0.05, 0.1) is 4.47 Å². The number of hydrogen-bond acceptors (Lipinski definition) is 4. The minimum Gasteiger partial charge on any atom is -0.356 e. The molecule has 1 unspecified atom stereocenters. The van der Waals surface area contributed by atoms with E-state index in [1.807, 2.05) is 6.92 Å². The normalized spacial score (nSPS) is 12.6. The molecule has 1 aromatic heterocycles. The molecular weight excluding hydrogens is 280 g/mol. The third-order valence-corrected chi connectivity index (χ3v) is 3.53. The number of anilines is 2. The van der Waals surface area contributed by atoms with E-state index < -0.39 is 0 Å². The zero-order valence-electron chi connectivity index (χ0n) is 11.2. The monoisotopic (exact) mass is 300 g/mol. The first-order valence-electron chi connectivity index (χ1n) is 5.96. The maximum absolute atomic E-state index is 4.52. The van der Waals surface area contributed by atoms with E-state index in [1.54, 1.807) is 6.20 Å². The van der Waals surface area contributed by atoms with Gasteiger partial charge in [-0.1, -0.05) is 13.8 Å². The molecular formula is C12H21BrN4. The van der Waals surface area contributed by atoms with Crippen LogP contribution in [0, 0.1) is 5.92 Å². The van der Waals surface area contributed by atoms with Gasteiger partial charge in [-0.15, -0.1) is 0 Å². The predicted molar refractivity (Wildman–Crippen MR) is 76.6 cm³/mol. The van der Waals surface area contributed by atoms with Crippen molar-refractivity contribution in [3.63, 3.8) is 0 Å². The second kappa shape index (κ2) is 6.19. The van der Waals surface area contributed by atoms with Crippen molar-refractivity contribution in [3.05, 3.63) is 10.7 Å². The van der Waals surface area contributed by atoms with E-state index >= 15 is 0 Å². The summed E-state index contributed by atoms with van der Waals surface area (Å²) in [5.74, 6) is 2.18. The second-order valence-electron chi connectivity index (χ2n) is 4.49. The lowest BCUT2D eigenvalue weighted by Crippen LogP contribution is -2.34. The highest BCUT2D eigenvalue weighted by atomic mass is 79.9. The Morgan fingerprint density at radius 2 is 2.06 bits per heavy atom. The highest BCUT2D eigenvalue weighted by molar-refractivity contribution is 9.10. The molecule has 0 aliphatic carbocycles. The van der Waals surface area contributed by atoms with Crippen molar-refractivity contribution in [2.75, 3.05) is 23.8 Å². The first-order valence-corrected chi connectivity index (χ1v) is 6.75. The molecule has 0 aliphatic heterocycles. The van der Waals surface area contributed by atoms with Gasteiger partial charge in [-0.2, -0.15) is 4.98 Å². The Morgan fingerprint density at radius 1 is 1.41 bits per heavy atom. The molecule has 1 atom stereocenters. The fraction of sp³-hybridized carbons (Fsp3) is 0.667. The van der Waals surface area contributed by atoms with Crippen molar-refractivity contribution < 1.29 is 0 Å². The Morgan fingerprint density at radius 3 is 2.59 bits per heavy atom. The molecule has 4 nitrogen and oxygen atoms in total. The highest BCUT2D eigenvalue weighted by Crippen LogP contribution is 2.26. The Bertz CT molecular complexity index is 368. The molecule has 5 heteroatoms. The van der Waals surface area contributed by atoms with Crippen LogP contribution in [0.5, 0.6) is 0 Å². The number of rotatable bonds is 5. The van der Waals surface area contributed by atoms with E-state index in [0.29, 0.717) is 17.9 Å². The lowest BCUT2D eigenvalue weighted by molar-refractivity contribution is 0.502. The van der Waals surface area contributed by atoms with E-state index in [9.17, 15) is 0 Å². The van der Waals surface area contributed by atoms with Crippen LogP contribution in [-0.2, 0) is 0 Å². The SMILES string of the molecule is CCNc1ncc(Br)c(N(C)C(C)C(C)C)n1. The van der Waals surface area contributed by atoms with Gasteiger partial charge in [0, 0.05) is 25.8 Å². The van der Waals surface area contributed by atoms with E-state index in [1.165, 1.54) is 0 Å². The van der Waals surface area contributed by atoms with Crippen LogP contribution in [0.1, 0.15) is 27.7 Å². The topological polar surface area (TPSA) is 41.1 Å². The zero-order valence-corrected chi connectivity index (χ0v) is 12.7. The minimum atomic E-state index is 0.427. The summed E-state index contributed by atoms with van der Waals surface area (Å²) >= 11 is 3.51. The van der Waals surface area contributed by atoms with Gasteiger partial charge in [0.2, 0.25) is 5.95 Å². The number of hydrogen-bond donors (Lipinski definition) is 1. The van der Waals surface area contributed by atoms with Crippen LogP contribution < -0.4 is 10.2 Å². The van der Waals surface area contributed by atoms with Gasteiger partial charge in [-0.25, -0.2) is 4.98 Å². The largest absolute Gasteiger partial charge is 0.356 e. The van der Waals surface area contributed by atoms with E-state index in [2.05, 4.69) is 63.9 Å². The van der Waals surface area contributed by atoms with Crippen molar-refractivity contribution in [1.29, 1.82) is 0 Å². The smallest absolute Gasteiger partial charge is 0.224 e. The van der Waals surface area contributed by atoms with Crippen molar-refractivity contribution >= 4 is 27.7 Å². The summed E-state index contributed by atoms with van der Waals surface area (Å²) in [4.78, 5) is 10.9. The summed E-state index contributed by atoms with van der Waals surface area (Å²) in [5, 5.41) is 3.13. The van der Waals surface area contributed by atoms with Crippen molar-refractivity contribution in [2.24, 2.45) is 5.92 Å². The lowest BCUT2D eigenvalue weighted by Gasteiger charge is -2.29. The molecule has 1 aromatic rings. The molecule has 0 aliphatic rings. The van der Waals surface area contributed by atoms with Crippen LogP contribution in [0.2, 0.25) is 0 Å². The number of nitrogens with zero attached hydrogens (tertiary/aromatic N) is 3. The molecule has 17 heavy (non-hydrogen) atoms. The third kappa shape index (κ3) is 3.56. The lowest BCUT2D eigenvalue weighted by atomic mass is 10.1. The quantitative estimate of drug-likeness (QED) is 0.907. The average Bonchev–Trinajstić information content (AvgIpc) is 2.30. The molecule has 0 saturated carbocycles. The standard InChI is InChI=1S/C12H21BrN4/c1-6-14-12-15-7-10(13)11(16-12)17(5)9(4)8(2)3/h7-9H,6H2,1-5H3,(H,14,15,16). The summed E-state index contributed by atoms with van der Waals surface area (Å²) in [6.45, 7) is 9.48. The molecule has 96 valence electrons. The van der Waals surface area contributed by atoms with Gasteiger partial charge in [0.25, 0.3) is 0 Å². The zero-order chi connectivity index (χ0) is 13.0. The first-order chi connectivity index (χ1) is 7.97. The summed E-state index contributed by atoms with van der Waals surface area (Å²) in [7, 11) is 2.06. The van der Waals surface area contributed by atoms with Crippen LogP contribution >= 0.6 is 15.9 Å². The van der Waals surface area contributed by atoms with E-state index in [4.69, 9.17) is 0 Å². The van der Waals surface area contributed by atoms with Gasteiger partial charge in [-0.05, 0) is 35.7 Å². The van der Waals surface area contributed by atoms with Gasteiger partial charge in [0.15, 0.2) is 0 Å². The molecule has 0 fully saturated rings. The maximum Gasteiger partial charge on any atom is 0.224 e. The van der Waals surface area contributed by atoms with Crippen molar-refractivity contribution in [3.8, 4) is 0 Å². The molecule has 0 radical (unpaired) electrons. The van der Waals surface area contributed by atoms with Crippen molar-refractivity contribution in [1.82, 2.24) is 9.97 Å². The van der Waals surface area contributed by atoms with Crippen LogP contribution in [0.25, 0.3) is 0 Å². The van der Waals surface area contributed by atoms with Gasteiger partial charge < -0.3 is 10.2 Å². The van der Waals surface area contributed by atoms with Crippen LogP contribution in [-0.4, -0.2) is 29.6 Å². The summed E-state index contributed by atoms with van der Waals surface area (Å²) in [6.07, 6.45) is 1.80. The van der Waals surface area contributed by atoms with Crippen LogP contribution in [0.15, 0.2) is 10.7 Å². The predicted octanol–water partition coefficient (Wildman–Crippen LogP) is 3.15. The fourth-order valence-corrected chi connectivity index (χ4v) is 1.96. The Balaban J connectivity index is 2.98. The molecule has 1 rings (SSSR count). The third-order valence-electron chi connectivity index (χ3n) is 2.97. The first kappa shape index (κ1) is 14.2. The molecule has 0 saturated heterocycles. The number of aromatic nitrogens is 2. The molecule has 1 N–H and O–H groups in total. The van der Waals surface area contributed by atoms with Crippen molar-refractivity contribution in [2.45, 2.75) is 33.7 Å². The van der Waals surface area contributed by atoms with Gasteiger partial charge in [0.1, 0.15) is 5.82 Å². The molecule has 0 bridgehead atoms. The molecule has 0 spiro atoms. The number of nitrogens with one attached hydrogen (secondary N) is 1. The molecule has 1 heterocycles. The average molecular weight is 301 g/mol. The molecule has 0 aromatic carbocycles. The maximum atomic E-state index is 4.52. The second-order valence-corrected chi connectivity index (χ2v) is 5.35. The van der Waals surface area contributed by atoms with Gasteiger partial charge >= 0.3 is 0 Å². The van der Waals surface area contributed by atoms with E-state index in [-0.39, 0.29) is 0 Å². The van der Waals surface area contributed by atoms with Crippen LogP contribution in [0.4, 0.5) is 11.8 Å². The Labute approximate surface area is 112 Å². The minimum absolute atomic E-state index is 0.427. The van der Waals surface area contributed by atoms with Crippen LogP contribution in [0.3, 0.4) is 0 Å². The summed E-state index contributed by atoms with van der Waals surface area (Å²) in [5.41, 5.74) is 0. The Kier molecular flexibility index (Phi) is 5.18. The molecule has 0 amide bonds. The number of halogens is 1.